The fourth-order valence-corrected chi connectivity index (χ4v) is 3.70. The van der Waals surface area contributed by atoms with E-state index >= 15 is 0 Å². The lowest BCUT2D eigenvalue weighted by molar-refractivity contribution is 0.607. The van der Waals surface area contributed by atoms with Crippen molar-refractivity contribution in [2.75, 3.05) is 0 Å². The van der Waals surface area contributed by atoms with Crippen molar-refractivity contribution in [3.8, 4) is 0 Å². The molecule has 0 radical (unpaired) electrons. The largest absolute Gasteiger partial charge is 0.215 e. The molecule has 0 saturated carbocycles. The third-order valence-corrected chi connectivity index (χ3v) is 5.36. The van der Waals surface area contributed by atoms with Crippen LogP contribution in [-0.2, 0) is 6.54 Å². The molecule has 1 aromatic carbocycles. The van der Waals surface area contributed by atoms with Gasteiger partial charge in [0.15, 0.2) is 0 Å². The van der Waals surface area contributed by atoms with Crippen LogP contribution in [0.5, 0.6) is 0 Å². The minimum atomic E-state index is -0.412. The van der Waals surface area contributed by atoms with Crippen LogP contribution in [0.15, 0.2) is 40.9 Å². The Kier molecular flexibility index (Phi) is 4.75. The Morgan fingerprint density at radius 2 is 2.27 bits per heavy atom. The van der Waals surface area contributed by atoms with Crippen molar-refractivity contribution in [3.05, 3.63) is 57.0 Å². The summed E-state index contributed by atoms with van der Waals surface area (Å²) in [6.45, 7) is 2.66. The van der Waals surface area contributed by atoms with E-state index in [4.69, 9.17) is 11.6 Å². The van der Waals surface area contributed by atoms with Crippen LogP contribution in [0.25, 0.3) is 0 Å². The topological polar surface area (TPSA) is 43.6 Å². The van der Waals surface area contributed by atoms with Gasteiger partial charge in [-0.1, -0.05) is 35.5 Å². The highest BCUT2D eigenvalue weighted by Gasteiger charge is 2.15. The molecule has 0 unspecified atom stereocenters. The number of thiophene rings is 1. The minimum absolute atomic E-state index is 0.0613. The average molecular weight is 355 g/mol. The lowest BCUT2D eigenvalue weighted by atomic mass is 10.2. The van der Waals surface area contributed by atoms with Crippen molar-refractivity contribution >= 4 is 34.7 Å². The van der Waals surface area contributed by atoms with Gasteiger partial charge >= 0.3 is 0 Å². The van der Waals surface area contributed by atoms with E-state index in [2.05, 4.69) is 15.5 Å². The second-order valence-electron chi connectivity index (χ2n) is 4.63. The molecule has 2 heterocycles. The van der Waals surface area contributed by atoms with Gasteiger partial charge in [-0.15, -0.1) is 16.4 Å². The summed E-state index contributed by atoms with van der Waals surface area (Å²) in [5.74, 6) is -0.412. The lowest BCUT2D eigenvalue weighted by Gasteiger charge is -2.11. The van der Waals surface area contributed by atoms with Gasteiger partial charge in [-0.2, -0.15) is 0 Å². The summed E-state index contributed by atoms with van der Waals surface area (Å²) in [7, 11) is 0. The standard InChI is InChI=1S/C14H12ClFN4S2/c1-9(10-4-5-13(16)12(15)7-10)22-14-17-18-19-20(14)8-11-3-2-6-21-11/h2-7,9H,8H2,1H3/t9-/m0/s1. The Balaban J connectivity index is 1.75. The second kappa shape index (κ2) is 6.76. The van der Waals surface area contributed by atoms with Crippen LogP contribution in [0.1, 0.15) is 22.6 Å². The van der Waals surface area contributed by atoms with Gasteiger partial charge in [0.1, 0.15) is 5.82 Å². The Hall–Kier alpha value is -1.44. The molecule has 114 valence electrons. The second-order valence-corrected chi connectivity index (χ2v) is 7.38. The molecule has 1 atom stereocenters. The normalized spacial score (nSPS) is 12.5. The van der Waals surface area contributed by atoms with Gasteiger partial charge in [-0.05, 0) is 46.5 Å². The van der Waals surface area contributed by atoms with Crippen molar-refractivity contribution < 1.29 is 4.39 Å². The molecule has 0 amide bonds. The van der Waals surface area contributed by atoms with Gasteiger partial charge in [-0.3, -0.25) is 0 Å². The number of tetrazole rings is 1. The van der Waals surface area contributed by atoms with Gasteiger partial charge in [0.2, 0.25) is 5.16 Å². The number of hydrogen-bond donors (Lipinski definition) is 0. The monoisotopic (exact) mass is 354 g/mol. The molecule has 0 saturated heterocycles. The Morgan fingerprint density at radius 3 is 3.00 bits per heavy atom. The zero-order valence-corrected chi connectivity index (χ0v) is 14.0. The highest BCUT2D eigenvalue weighted by atomic mass is 35.5. The molecule has 3 aromatic rings. The first-order valence-corrected chi connectivity index (χ1v) is 8.67. The minimum Gasteiger partial charge on any atom is -0.215 e. The number of aromatic nitrogens is 4. The molecule has 8 heteroatoms. The van der Waals surface area contributed by atoms with Crippen molar-refractivity contribution in [1.29, 1.82) is 0 Å². The molecule has 0 bridgehead atoms. The maximum Gasteiger partial charge on any atom is 0.210 e. The number of thioether (sulfide) groups is 1. The molecule has 3 rings (SSSR count). The van der Waals surface area contributed by atoms with Crippen LogP contribution in [0.2, 0.25) is 5.02 Å². The van der Waals surface area contributed by atoms with E-state index in [0.29, 0.717) is 6.54 Å². The summed E-state index contributed by atoms with van der Waals surface area (Å²) in [5.41, 5.74) is 0.932. The highest BCUT2D eigenvalue weighted by molar-refractivity contribution is 7.99. The molecule has 0 fully saturated rings. The summed E-state index contributed by atoms with van der Waals surface area (Å²) in [6.07, 6.45) is 0. The molecular weight excluding hydrogens is 343 g/mol. The predicted octanol–water partition coefficient (Wildman–Crippen LogP) is 4.43. The van der Waals surface area contributed by atoms with Crippen LogP contribution in [0.3, 0.4) is 0 Å². The maximum atomic E-state index is 13.2. The molecule has 0 spiro atoms. The molecule has 0 aliphatic carbocycles. The van der Waals surface area contributed by atoms with Crippen LogP contribution in [0, 0.1) is 5.82 Å². The van der Waals surface area contributed by atoms with E-state index in [1.807, 2.05) is 24.4 Å². The Labute approximate surface area is 140 Å². The molecule has 0 aliphatic heterocycles. The number of hydrogen-bond acceptors (Lipinski definition) is 5. The molecule has 22 heavy (non-hydrogen) atoms. The van der Waals surface area contributed by atoms with Crippen molar-refractivity contribution in [1.82, 2.24) is 20.2 Å². The number of benzene rings is 1. The first-order valence-electron chi connectivity index (χ1n) is 6.53. The van der Waals surface area contributed by atoms with Crippen molar-refractivity contribution in [3.63, 3.8) is 0 Å². The molecule has 0 aliphatic rings. The first kappa shape index (κ1) is 15.5. The SMILES string of the molecule is C[C@H](Sc1nnnn1Cc1cccs1)c1ccc(F)c(Cl)c1. The van der Waals surface area contributed by atoms with Gasteiger partial charge < -0.3 is 0 Å². The molecule has 4 nitrogen and oxygen atoms in total. The fourth-order valence-electron chi connectivity index (χ4n) is 1.92. The first-order chi connectivity index (χ1) is 10.6. The Bertz CT molecular complexity index is 760. The van der Waals surface area contributed by atoms with Crippen LogP contribution >= 0.6 is 34.7 Å². The average Bonchev–Trinajstić information content (AvgIpc) is 3.15. The van der Waals surface area contributed by atoms with Gasteiger partial charge in [0, 0.05) is 10.1 Å². The maximum absolute atomic E-state index is 13.2. The van der Waals surface area contributed by atoms with E-state index in [1.54, 1.807) is 28.2 Å². The van der Waals surface area contributed by atoms with E-state index < -0.39 is 5.82 Å². The summed E-state index contributed by atoms with van der Waals surface area (Å²) >= 11 is 9.02. The highest BCUT2D eigenvalue weighted by Crippen LogP contribution is 2.34. The van der Waals surface area contributed by atoms with Crippen molar-refractivity contribution in [2.45, 2.75) is 23.9 Å². The number of halogens is 2. The van der Waals surface area contributed by atoms with Crippen LogP contribution < -0.4 is 0 Å². The van der Waals surface area contributed by atoms with E-state index in [0.717, 1.165) is 10.7 Å². The molecule has 2 aromatic heterocycles. The number of rotatable bonds is 5. The summed E-state index contributed by atoms with van der Waals surface area (Å²) < 4.78 is 15.0. The van der Waals surface area contributed by atoms with Crippen LogP contribution in [-0.4, -0.2) is 20.2 Å². The summed E-state index contributed by atoms with van der Waals surface area (Å²) in [4.78, 5) is 1.19. The van der Waals surface area contributed by atoms with Crippen LogP contribution in [0.4, 0.5) is 4.39 Å². The van der Waals surface area contributed by atoms with E-state index in [1.165, 1.54) is 22.7 Å². The van der Waals surface area contributed by atoms with Crippen molar-refractivity contribution in [2.24, 2.45) is 0 Å². The Morgan fingerprint density at radius 1 is 1.41 bits per heavy atom. The smallest absolute Gasteiger partial charge is 0.210 e. The quantitative estimate of drug-likeness (QED) is 0.636. The van der Waals surface area contributed by atoms with Gasteiger partial charge in [-0.25, -0.2) is 9.07 Å². The zero-order valence-electron chi connectivity index (χ0n) is 11.6. The molecule has 0 N–H and O–H groups in total. The third kappa shape index (κ3) is 3.48. The molecular formula is C14H12ClFN4S2. The fraction of sp³-hybridized carbons (Fsp3) is 0.214. The lowest BCUT2D eigenvalue weighted by Crippen LogP contribution is -2.03. The third-order valence-electron chi connectivity index (χ3n) is 3.08. The van der Waals surface area contributed by atoms with E-state index in [9.17, 15) is 4.39 Å². The summed E-state index contributed by atoms with van der Waals surface area (Å²) in [5, 5.41) is 14.8. The summed E-state index contributed by atoms with van der Waals surface area (Å²) in [6, 6.07) is 8.79. The van der Waals surface area contributed by atoms with Gasteiger partial charge in [0.05, 0.1) is 11.6 Å². The predicted molar refractivity (Wildman–Crippen MR) is 86.9 cm³/mol. The van der Waals surface area contributed by atoms with Gasteiger partial charge in [0.25, 0.3) is 0 Å². The zero-order chi connectivity index (χ0) is 15.5. The van der Waals surface area contributed by atoms with E-state index in [-0.39, 0.29) is 10.3 Å². The number of nitrogens with zero attached hydrogens (tertiary/aromatic N) is 4.